The Kier molecular flexibility index (Phi) is 3.80. The summed E-state index contributed by atoms with van der Waals surface area (Å²) in [4.78, 5) is 4.32. The molecule has 0 saturated carbocycles. The Labute approximate surface area is 107 Å². The molecule has 0 N–H and O–H groups in total. The zero-order valence-corrected chi connectivity index (χ0v) is 10.9. The van der Waals surface area contributed by atoms with Crippen LogP contribution in [0.25, 0.3) is 0 Å². The Morgan fingerprint density at radius 1 is 1.06 bits per heavy atom. The number of hydrogen-bond donors (Lipinski definition) is 0. The van der Waals surface area contributed by atoms with Crippen LogP contribution in [0.4, 0.5) is 0 Å². The highest BCUT2D eigenvalue weighted by molar-refractivity contribution is 6.21. The summed E-state index contributed by atoms with van der Waals surface area (Å²) >= 11 is 6.51. The Hall–Kier alpha value is -1.34. The standard InChI is InChI=1S/C15H16ClN/c1-11-6-5-7-12(2)15(11)14(16)10-13-8-3-4-9-17-13/h3-9,14H,10H2,1-2H3. The molecule has 1 nitrogen and oxygen atoms in total. The maximum absolute atomic E-state index is 6.51. The van der Waals surface area contributed by atoms with Gasteiger partial charge in [0.2, 0.25) is 0 Å². The third-order valence-corrected chi connectivity index (χ3v) is 3.34. The van der Waals surface area contributed by atoms with Gasteiger partial charge >= 0.3 is 0 Å². The van der Waals surface area contributed by atoms with E-state index in [1.165, 1.54) is 16.7 Å². The van der Waals surface area contributed by atoms with Crippen LogP contribution in [0.15, 0.2) is 42.6 Å². The molecule has 0 amide bonds. The fraction of sp³-hybridized carbons (Fsp3) is 0.267. The van der Waals surface area contributed by atoms with E-state index in [1.54, 1.807) is 0 Å². The average Bonchev–Trinajstić information content (AvgIpc) is 2.30. The fourth-order valence-corrected chi connectivity index (χ4v) is 2.63. The number of nitrogens with zero attached hydrogens (tertiary/aromatic N) is 1. The summed E-state index contributed by atoms with van der Waals surface area (Å²) in [6.45, 7) is 4.21. The van der Waals surface area contributed by atoms with E-state index in [0.717, 1.165) is 12.1 Å². The number of rotatable bonds is 3. The quantitative estimate of drug-likeness (QED) is 0.738. The molecule has 0 aliphatic heterocycles. The van der Waals surface area contributed by atoms with E-state index in [-0.39, 0.29) is 5.38 Å². The van der Waals surface area contributed by atoms with E-state index < -0.39 is 0 Å². The van der Waals surface area contributed by atoms with Crippen molar-refractivity contribution in [2.45, 2.75) is 25.6 Å². The molecule has 0 fully saturated rings. The lowest BCUT2D eigenvalue weighted by atomic mass is 9.97. The number of benzene rings is 1. The highest BCUT2D eigenvalue weighted by Crippen LogP contribution is 2.29. The molecular formula is C15H16ClN. The topological polar surface area (TPSA) is 12.9 Å². The lowest BCUT2D eigenvalue weighted by Crippen LogP contribution is -2.02. The molecule has 0 aliphatic rings. The molecule has 1 aromatic carbocycles. The summed E-state index contributed by atoms with van der Waals surface area (Å²) in [5, 5.41) is -0.00824. The normalized spacial score (nSPS) is 12.4. The first-order chi connectivity index (χ1) is 8.18. The van der Waals surface area contributed by atoms with E-state index in [1.807, 2.05) is 24.4 Å². The monoisotopic (exact) mass is 245 g/mol. The molecule has 2 heteroatoms. The molecule has 1 unspecified atom stereocenters. The van der Waals surface area contributed by atoms with E-state index in [2.05, 4.69) is 37.0 Å². The van der Waals surface area contributed by atoms with Crippen molar-refractivity contribution in [1.29, 1.82) is 0 Å². The van der Waals surface area contributed by atoms with E-state index in [0.29, 0.717) is 0 Å². The first kappa shape index (κ1) is 12.1. The second-order valence-electron chi connectivity index (χ2n) is 4.30. The van der Waals surface area contributed by atoms with E-state index in [4.69, 9.17) is 11.6 Å². The Balaban J connectivity index is 2.23. The third-order valence-electron chi connectivity index (χ3n) is 2.97. The van der Waals surface area contributed by atoms with Crippen molar-refractivity contribution in [3.05, 3.63) is 65.0 Å². The fourth-order valence-electron chi connectivity index (χ4n) is 2.13. The van der Waals surface area contributed by atoms with Gasteiger partial charge in [0.25, 0.3) is 0 Å². The first-order valence-corrected chi connectivity index (χ1v) is 6.22. The molecule has 0 saturated heterocycles. The molecule has 88 valence electrons. The maximum Gasteiger partial charge on any atom is 0.0645 e. The van der Waals surface area contributed by atoms with Gasteiger partial charge in [0, 0.05) is 18.3 Å². The third kappa shape index (κ3) is 2.86. The molecule has 2 rings (SSSR count). The van der Waals surface area contributed by atoms with E-state index >= 15 is 0 Å². The lowest BCUT2D eigenvalue weighted by molar-refractivity contribution is 0.866. The van der Waals surface area contributed by atoms with E-state index in [9.17, 15) is 0 Å². The Bertz CT molecular complexity index is 473. The smallest absolute Gasteiger partial charge is 0.0645 e. The van der Waals surface area contributed by atoms with Gasteiger partial charge < -0.3 is 0 Å². The van der Waals surface area contributed by atoms with Crippen molar-refractivity contribution >= 4 is 11.6 Å². The van der Waals surface area contributed by atoms with Crippen LogP contribution in [0.5, 0.6) is 0 Å². The van der Waals surface area contributed by atoms with Crippen LogP contribution >= 0.6 is 11.6 Å². The van der Waals surface area contributed by atoms with Gasteiger partial charge in [0.1, 0.15) is 0 Å². The maximum atomic E-state index is 6.51. The Morgan fingerprint density at radius 2 is 1.76 bits per heavy atom. The minimum atomic E-state index is -0.00824. The Morgan fingerprint density at radius 3 is 2.35 bits per heavy atom. The predicted octanol–water partition coefficient (Wildman–Crippen LogP) is 4.22. The van der Waals surface area contributed by atoms with Crippen molar-refractivity contribution in [2.24, 2.45) is 0 Å². The summed E-state index contributed by atoms with van der Waals surface area (Å²) in [5.74, 6) is 0. The van der Waals surface area contributed by atoms with Crippen LogP contribution in [0, 0.1) is 13.8 Å². The van der Waals surface area contributed by atoms with Crippen molar-refractivity contribution in [3.63, 3.8) is 0 Å². The SMILES string of the molecule is Cc1cccc(C)c1C(Cl)Cc1ccccn1. The largest absolute Gasteiger partial charge is 0.261 e. The van der Waals surface area contributed by atoms with Crippen LogP contribution < -0.4 is 0 Å². The number of alkyl halides is 1. The second-order valence-corrected chi connectivity index (χ2v) is 4.83. The summed E-state index contributed by atoms with van der Waals surface area (Å²) in [6.07, 6.45) is 2.58. The summed E-state index contributed by atoms with van der Waals surface area (Å²) < 4.78 is 0. The van der Waals surface area contributed by atoms with Crippen molar-refractivity contribution in [3.8, 4) is 0 Å². The zero-order valence-electron chi connectivity index (χ0n) is 10.2. The molecule has 0 spiro atoms. The van der Waals surface area contributed by atoms with Gasteiger partial charge in [-0.25, -0.2) is 0 Å². The molecule has 0 bridgehead atoms. The van der Waals surface area contributed by atoms with Gasteiger partial charge in [0.05, 0.1) is 5.38 Å². The van der Waals surface area contributed by atoms with Gasteiger partial charge in [0.15, 0.2) is 0 Å². The highest BCUT2D eigenvalue weighted by atomic mass is 35.5. The average molecular weight is 246 g/mol. The lowest BCUT2D eigenvalue weighted by Gasteiger charge is -2.15. The number of halogens is 1. The van der Waals surface area contributed by atoms with Crippen LogP contribution in [0.2, 0.25) is 0 Å². The van der Waals surface area contributed by atoms with Crippen LogP contribution in [0.3, 0.4) is 0 Å². The van der Waals surface area contributed by atoms with Crippen molar-refractivity contribution in [2.75, 3.05) is 0 Å². The molecular weight excluding hydrogens is 230 g/mol. The minimum absolute atomic E-state index is 0.00824. The molecule has 1 atom stereocenters. The van der Waals surface area contributed by atoms with Crippen LogP contribution in [-0.4, -0.2) is 4.98 Å². The summed E-state index contributed by atoms with van der Waals surface area (Å²) in [7, 11) is 0. The molecule has 1 heterocycles. The van der Waals surface area contributed by atoms with Gasteiger partial charge in [-0.3, -0.25) is 4.98 Å². The number of hydrogen-bond acceptors (Lipinski definition) is 1. The second kappa shape index (κ2) is 5.33. The summed E-state index contributed by atoms with van der Waals surface area (Å²) in [6, 6.07) is 12.2. The molecule has 0 radical (unpaired) electrons. The molecule has 0 aliphatic carbocycles. The summed E-state index contributed by atoms with van der Waals surface area (Å²) in [5.41, 5.74) is 4.77. The van der Waals surface area contributed by atoms with Gasteiger partial charge in [-0.1, -0.05) is 24.3 Å². The first-order valence-electron chi connectivity index (χ1n) is 5.78. The number of pyridine rings is 1. The van der Waals surface area contributed by atoms with Crippen LogP contribution in [-0.2, 0) is 6.42 Å². The minimum Gasteiger partial charge on any atom is -0.261 e. The van der Waals surface area contributed by atoms with Crippen LogP contribution in [0.1, 0.15) is 27.8 Å². The zero-order chi connectivity index (χ0) is 12.3. The number of aryl methyl sites for hydroxylation is 2. The molecule has 2 aromatic rings. The van der Waals surface area contributed by atoms with Crippen molar-refractivity contribution in [1.82, 2.24) is 4.98 Å². The van der Waals surface area contributed by atoms with Gasteiger partial charge in [-0.2, -0.15) is 0 Å². The molecule has 17 heavy (non-hydrogen) atoms. The highest BCUT2D eigenvalue weighted by Gasteiger charge is 2.14. The van der Waals surface area contributed by atoms with Gasteiger partial charge in [-0.05, 0) is 42.7 Å². The predicted molar refractivity (Wildman–Crippen MR) is 72.5 cm³/mol. The van der Waals surface area contributed by atoms with Crippen molar-refractivity contribution < 1.29 is 0 Å². The van der Waals surface area contributed by atoms with Gasteiger partial charge in [-0.15, -0.1) is 11.6 Å². The number of aromatic nitrogens is 1. The molecule has 1 aromatic heterocycles.